The number of amides is 2. The number of rotatable bonds is 6. The Bertz CT molecular complexity index is 964. The second-order valence-corrected chi connectivity index (χ2v) is 6.84. The molecule has 1 fully saturated rings. The molecule has 1 aliphatic heterocycles. The van der Waals surface area contributed by atoms with E-state index < -0.39 is 0 Å². The van der Waals surface area contributed by atoms with Crippen LogP contribution >= 0.6 is 0 Å². The summed E-state index contributed by atoms with van der Waals surface area (Å²) in [5.74, 6) is 0.370. The summed E-state index contributed by atoms with van der Waals surface area (Å²) in [5, 5.41) is 4.34. The number of hydrogen-bond donors (Lipinski definition) is 1. The maximum Gasteiger partial charge on any atom is 0.267 e. The van der Waals surface area contributed by atoms with E-state index in [1.807, 2.05) is 0 Å². The molecule has 1 aliphatic rings. The van der Waals surface area contributed by atoms with Gasteiger partial charge in [0.2, 0.25) is 11.8 Å². The number of aromatic nitrogens is 2. The van der Waals surface area contributed by atoms with Crippen LogP contribution in [0.2, 0.25) is 0 Å². The van der Waals surface area contributed by atoms with Gasteiger partial charge in [0.15, 0.2) is 11.5 Å². The van der Waals surface area contributed by atoms with Gasteiger partial charge >= 0.3 is 0 Å². The molecule has 2 N–H and O–H groups in total. The first kappa shape index (κ1) is 20.4. The molecule has 0 atom stereocenters. The van der Waals surface area contributed by atoms with E-state index in [9.17, 15) is 14.4 Å². The minimum atomic E-state index is -0.366. The van der Waals surface area contributed by atoms with Gasteiger partial charge in [0, 0.05) is 30.6 Å². The second kappa shape index (κ2) is 8.76. The van der Waals surface area contributed by atoms with E-state index in [-0.39, 0.29) is 29.8 Å². The summed E-state index contributed by atoms with van der Waals surface area (Å²) >= 11 is 0. The molecule has 29 heavy (non-hydrogen) atoms. The normalized spacial score (nSPS) is 14.5. The summed E-state index contributed by atoms with van der Waals surface area (Å²) in [7, 11) is 3.09. The lowest BCUT2D eigenvalue weighted by Gasteiger charge is -2.30. The summed E-state index contributed by atoms with van der Waals surface area (Å²) in [5.41, 5.74) is 6.22. The number of likely N-dealkylation sites (tertiary alicyclic amines) is 1. The van der Waals surface area contributed by atoms with Gasteiger partial charge in [0.25, 0.3) is 5.56 Å². The molecule has 1 aromatic carbocycles. The third-order valence-corrected chi connectivity index (χ3v) is 5.08. The maximum absolute atomic E-state index is 12.6. The fraction of sp³-hybridized carbons (Fsp3) is 0.400. The smallest absolute Gasteiger partial charge is 0.267 e. The summed E-state index contributed by atoms with van der Waals surface area (Å²) in [6, 6.07) is 8.29. The van der Waals surface area contributed by atoms with Crippen LogP contribution in [0, 0.1) is 5.92 Å². The topological polar surface area (TPSA) is 117 Å². The molecule has 0 bridgehead atoms. The van der Waals surface area contributed by atoms with Gasteiger partial charge in [0.05, 0.1) is 19.9 Å². The van der Waals surface area contributed by atoms with Crippen LogP contribution in [0.4, 0.5) is 0 Å². The number of methoxy groups -OCH3 is 2. The van der Waals surface area contributed by atoms with Crippen molar-refractivity contribution >= 4 is 11.8 Å². The average Bonchev–Trinajstić information content (AvgIpc) is 2.74. The van der Waals surface area contributed by atoms with E-state index in [0.717, 1.165) is 10.2 Å². The van der Waals surface area contributed by atoms with Crippen molar-refractivity contribution in [3.63, 3.8) is 0 Å². The van der Waals surface area contributed by atoms with Crippen molar-refractivity contribution in [3.8, 4) is 22.8 Å². The summed E-state index contributed by atoms with van der Waals surface area (Å²) < 4.78 is 11.7. The predicted octanol–water partition coefficient (Wildman–Crippen LogP) is 0.651. The fourth-order valence-electron chi connectivity index (χ4n) is 3.35. The van der Waals surface area contributed by atoms with E-state index in [4.69, 9.17) is 15.2 Å². The quantitative estimate of drug-likeness (QED) is 0.761. The summed E-state index contributed by atoms with van der Waals surface area (Å²) in [4.78, 5) is 37.7. The highest BCUT2D eigenvalue weighted by molar-refractivity contribution is 5.78. The molecule has 0 unspecified atom stereocenters. The van der Waals surface area contributed by atoms with Crippen molar-refractivity contribution in [1.82, 2.24) is 14.7 Å². The lowest BCUT2D eigenvalue weighted by Crippen LogP contribution is -2.44. The van der Waals surface area contributed by atoms with E-state index >= 15 is 0 Å². The van der Waals surface area contributed by atoms with Crippen LogP contribution in [0.1, 0.15) is 12.8 Å². The van der Waals surface area contributed by atoms with Gasteiger partial charge in [-0.25, -0.2) is 4.68 Å². The first-order chi connectivity index (χ1) is 13.9. The van der Waals surface area contributed by atoms with Crippen LogP contribution in [0.3, 0.4) is 0 Å². The summed E-state index contributed by atoms with van der Waals surface area (Å²) in [6.07, 6.45) is 1.07. The van der Waals surface area contributed by atoms with Gasteiger partial charge in [-0.05, 0) is 37.1 Å². The zero-order valence-electron chi connectivity index (χ0n) is 16.5. The van der Waals surface area contributed by atoms with Crippen molar-refractivity contribution in [1.29, 1.82) is 0 Å². The van der Waals surface area contributed by atoms with Gasteiger partial charge in [-0.3, -0.25) is 14.4 Å². The highest BCUT2D eigenvalue weighted by Crippen LogP contribution is 2.31. The van der Waals surface area contributed by atoms with Gasteiger partial charge in [-0.15, -0.1) is 0 Å². The van der Waals surface area contributed by atoms with Crippen molar-refractivity contribution < 1.29 is 19.1 Å². The molecule has 1 aromatic heterocycles. The molecule has 2 heterocycles. The average molecular weight is 400 g/mol. The number of ether oxygens (including phenoxy) is 2. The molecule has 9 heteroatoms. The molecular weight excluding hydrogens is 376 g/mol. The van der Waals surface area contributed by atoms with Crippen LogP contribution in [0.15, 0.2) is 35.1 Å². The fourth-order valence-corrected chi connectivity index (χ4v) is 3.35. The van der Waals surface area contributed by atoms with Crippen molar-refractivity contribution in [2.24, 2.45) is 11.7 Å². The summed E-state index contributed by atoms with van der Waals surface area (Å²) in [6.45, 7) is 0.717. The third-order valence-electron chi connectivity index (χ3n) is 5.08. The van der Waals surface area contributed by atoms with Crippen LogP contribution in [0.25, 0.3) is 11.3 Å². The Labute approximate surface area is 168 Å². The van der Waals surface area contributed by atoms with Crippen molar-refractivity contribution in [3.05, 3.63) is 40.7 Å². The number of carbonyl (C=O) groups excluding carboxylic acids is 2. The zero-order chi connectivity index (χ0) is 21.0. The second-order valence-electron chi connectivity index (χ2n) is 6.84. The first-order valence-corrected chi connectivity index (χ1v) is 9.30. The van der Waals surface area contributed by atoms with Crippen LogP contribution in [-0.2, 0) is 16.1 Å². The Morgan fingerprint density at radius 2 is 1.79 bits per heavy atom. The number of nitrogens with two attached hydrogens (primary N) is 1. The molecular formula is C20H24N4O5. The van der Waals surface area contributed by atoms with Crippen LogP contribution < -0.4 is 20.8 Å². The molecule has 2 amide bonds. The van der Waals surface area contributed by atoms with Crippen molar-refractivity contribution in [2.75, 3.05) is 27.3 Å². The highest BCUT2D eigenvalue weighted by atomic mass is 16.5. The highest BCUT2D eigenvalue weighted by Gasteiger charge is 2.26. The van der Waals surface area contributed by atoms with E-state index in [0.29, 0.717) is 43.1 Å². The number of benzene rings is 1. The number of nitrogens with zero attached hydrogens (tertiary/aromatic N) is 3. The van der Waals surface area contributed by atoms with E-state index in [1.165, 1.54) is 13.2 Å². The molecule has 9 nitrogen and oxygen atoms in total. The Morgan fingerprint density at radius 3 is 2.41 bits per heavy atom. The molecule has 0 radical (unpaired) electrons. The maximum atomic E-state index is 12.6. The standard InChI is InChI=1S/C20H24N4O5/c1-28-16-5-3-14(11-17(16)29-2)15-4-6-18(25)24(22-15)12-19(26)23-9-7-13(8-10-23)20(21)27/h3-6,11,13H,7-10,12H2,1-2H3,(H2,21,27). The first-order valence-electron chi connectivity index (χ1n) is 9.30. The lowest BCUT2D eigenvalue weighted by atomic mass is 9.96. The van der Waals surface area contributed by atoms with Crippen LogP contribution in [0.5, 0.6) is 11.5 Å². The molecule has 0 spiro atoms. The van der Waals surface area contributed by atoms with Gasteiger partial charge in [-0.1, -0.05) is 0 Å². The van der Waals surface area contributed by atoms with E-state index in [1.54, 1.807) is 36.3 Å². The lowest BCUT2D eigenvalue weighted by molar-refractivity contribution is -0.135. The van der Waals surface area contributed by atoms with Crippen LogP contribution in [-0.4, -0.2) is 53.8 Å². The predicted molar refractivity (Wildman–Crippen MR) is 106 cm³/mol. The largest absolute Gasteiger partial charge is 0.493 e. The van der Waals surface area contributed by atoms with Crippen molar-refractivity contribution in [2.45, 2.75) is 19.4 Å². The Morgan fingerprint density at radius 1 is 1.10 bits per heavy atom. The molecule has 0 saturated carbocycles. The number of hydrogen-bond acceptors (Lipinski definition) is 6. The minimum absolute atomic E-state index is 0.165. The Kier molecular flexibility index (Phi) is 6.16. The van der Waals surface area contributed by atoms with Gasteiger partial charge in [-0.2, -0.15) is 5.10 Å². The van der Waals surface area contributed by atoms with Gasteiger partial charge in [0.1, 0.15) is 6.54 Å². The Balaban J connectivity index is 1.77. The third kappa shape index (κ3) is 4.56. The number of piperidine rings is 1. The number of primary amides is 1. The molecule has 154 valence electrons. The Hall–Kier alpha value is -3.36. The number of carbonyl (C=O) groups is 2. The van der Waals surface area contributed by atoms with Gasteiger partial charge < -0.3 is 20.1 Å². The molecule has 0 aliphatic carbocycles. The molecule has 1 saturated heterocycles. The molecule has 2 aromatic rings. The zero-order valence-corrected chi connectivity index (χ0v) is 16.5. The monoisotopic (exact) mass is 400 g/mol. The molecule has 3 rings (SSSR count). The van der Waals surface area contributed by atoms with E-state index in [2.05, 4.69) is 5.10 Å². The minimum Gasteiger partial charge on any atom is -0.493 e. The SMILES string of the molecule is COc1ccc(-c2ccc(=O)n(CC(=O)N3CCC(C(N)=O)CC3)n2)cc1OC.